The molecule has 5 fully saturated rings. The Morgan fingerprint density at radius 1 is 1.14 bits per heavy atom. The van der Waals surface area contributed by atoms with Crippen LogP contribution in [0.5, 0.6) is 0 Å². The van der Waals surface area contributed by atoms with Gasteiger partial charge < -0.3 is 19.1 Å². The molecule has 0 radical (unpaired) electrons. The van der Waals surface area contributed by atoms with E-state index in [-0.39, 0.29) is 25.4 Å². The molecule has 0 spiro atoms. The summed E-state index contributed by atoms with van der Waals surface area (Å²) in [7, 11) is 5.63. The number of fused-ring (bicyclic) bond motifs is 1. The van der Waals surface area contributed by atoms with Crippen LogP contribution in [-0.2, 0) is 17.2 Å². The smallest absolute Gasteiger partial charge is 0.394 e. The molecule has 4 aliphatic carbocycles. The molecular weight excluding hydrogens is 485 g/mol. The summed E-state index contributed by atoms with van der Waals surface area (Å²) in [6.45, 7) is 4.94. The fraction of sp³-hybridized carbons (Fsp3) is 0.600. The molecule has 1 saturated heterocycles. The lowest BCUT2D eigenvalue weighted by Crippen LogP contribution is -2.70. The molecule has 0 N–H and O–H groups in total. The Morgan fingerprint density at radius 2 is 1.86 bits per heavy atom. The largest absolute Gasteiger partial charge is 0.487 e. The van der Waals surface area contributed by atoms with Crippen molar-refractivity contribution in [2.45, 2.75) is 55.8 Å². The second kappa shape index (κ2) is 7.16. The quantitative estimate of drug-likeness (QED) is 0.509. The first-order chi connectivity index (χ1) is 17.5. The number of hydrogen-bond donors (Lipinski definition) is 0. The van der Waals surface area contributed by atoms with Crippen LogP contribution in [0.15, 0.2) is 24.7 Å². The molecule has 196 valence electrons. The highest BCUT2D eigenvalue weighted by Gasteiger charge is 2.79. The molecule has 0 unspecified atom stereocenters. The molecule has 37 heavy (non-hydrogen) atoms. The van der Waals surface area contributed by atoms with E-state index in [0.29, 0.717) is 53.6 Å². The van der Waals surface area contributed by atoms with Crippen LogP contribution in [0.1, 0.15) is 55.5 Å². The highest BCUT2D eigenvalue weighted by Crippen LogP contribution is 2.78. The van der Waals surface area contributed by atoms with E-state index in [9.17, 15) is 13.2 Å². The maximum absolute atomic E-state index is 13.7. The van der Waals surface area contributed by atoms with E-state index in [1.54, 1.807) is 0 Å². The average molecular weight is 515 g/mol. The van der Waals surface area contributed by atoms with Crippen LogP contribution in [0.2, 0.25) is 0 Å². The summed E-state index contributed by atoms with van der Waals surface area (Å²) in [5, 5.41) is 4.49. The maximum Gasteiger partial charge on any atom is 0.394 e. The number of rotatable bonds is 5. The molecule has 8 rings (SSSR count). The van der Waals surface area contributed by atoms with Gasteiger partial charge in [-0.1, -0.05) is 6.58 Å². The summed E-state index contributed by atoms with van der Waals surface area (Å²) in [6.07, 6.45) is 1.84. The number of morpholine rings is 1. The number of nitrogens with zero attached hydrogens (tertiary/aromatic N) is 8. The van der Waals surface area contributed by atoms with Gasteiger partial charge in [0.25, 0.3) is 0 Å². The van der Waals surface area contributed by atoms with E-state index in [0.717, 1.165) is 18.4 Å². The lowest BCUT2D eigenvalue weighted by molar-refractivity contribution is -0.337. The molecule has 1 atom stereocenters. The standard InChI is InChI=1S/C25H29F3N8O/c1-14-8-35(10-17(37-14)15-7-29-36(9-15)16-5-6-16)21-30-19(23-11-24(12-23,13-23)25(26,27)28)18-20(31-21)32-22(33(2)3)34(18)4/h7,9,16-17H,1,5-6,8,10-13H2,2-4H3/t17-,23?,24?/m1/s1. The molecule has 1 aliphatic heterocycles. The summed E-state index contributed by atoms with van der Waals surface area (Å²) in [6, 6.07) is 0.466. The van der Waals surface area contributed by atoms with Crippen molar-refractivity contribution in [3.63, 3.8) is 0 Å². The summed E-state index contributed by atoms with van der Waals surface area (Å²) in [5.41, 5.74) is 0.643. The number of ether oxygens (including phenoxy) is 1. The van der Waals surface area contributed by atoms with Crippen molar-refractivity contribution in [3.8, 4) is 0 Å². The lowest BCUT2D eigenvalue weighted by atomic mass is 9.34. The molecule has 0 amide bonds. The van der Waals surface area contributed by atoms with Gasteiger partial charge in [0.1, 0.15) is 17.4 Å². The Labute approximate surface area is 211 Å². The first-order valence-corrected chi connectivity index (χ1v) is 12.6. The van der Waals surface area contributed by atoms with Gasteiger partial charge in [0.15, 0.2) is 5.65 Å². The molecule has 3 aromatic heterocycles. The third kappa shape index (κ3) is 3.23. The Kier molecular flexibility index (Phi) is 4.43. The van der Waals surface area contributed by atoms with Gasteiger partial charge in [-0.05, 0) is 32.1 Å². The van der Waals surface area contributed by atoms with Crippen LogP contribution in [0.3, 0.4) is 0 Å². The lowest BCUT2D eigenvalue weighted by Gasteiger charge is -2.70. The summed E-state index contributed by atoms with van der Waals surface area (Å²) < 4.78 is 51.0. The van der Waals surface area contributed by atoms with E-state index < -0.39 is 17.0 Å². The highest BCUT2D eigenvalue weighted by atomic mass is 19.4. The molecule has 0 aromatic carbocycles. The van der Waals surface area contributed by atoms with Gasteiger partial charge >= 0.3 is 6.18 Å². The Hall–Kier alpha value is -3.31. The van der Waals surface area contributed by atoms with Gasteiger partial charge in [0, 0.05) is 38.3 Å². The first-order valence-electron chi connectivity index (χ1n) is 12.6. The van der Waals surface area contributed by atoms with Crippen molar-refractivity contribution in [2.75, 3.05) is 37.0 Å². The van der Waals surface area contributed by atoms with Crippen LogP contribution < -0.4 is 9.80 Å². The molecule has 2 bridgehead atoms. The summed E-state index contributed by atoms with van der Waals surface area (Å²) in [5.74, 6) is 1.70. The van der Waals surface area contributed by atoms with Gasteiger partial charge in [-0.25, -0.2) is 4.98 Å². The van der Waals surface area contributed by atoms with E-state index in [2.05, 4.69) is 11.7 Å². The molecule has 9 nitrogen and oxygen atoms in total. The second-order valence-corrected chi connectivity index (χ2v) is 11.5. The van der Waals surface area contributed by atoms with Crippen molar-refractivity contribution >= 4 is 23.1 Å². The number of anilines is 2. The molecule has 3 aromatic rings. The Balaban J connectivity index is 1.27. The molecular formula is C25H29F3N8O. The molecule has 4 heterocycles. The van der Waals surface area contributed by atoms with Gasteiger partial charge in [0.2, 0.25) is 11.9 Å². The normalized spacial score (nSPS) is 29.2. The van der Waals surface area contributed by atoms with E-state index in [1.807, 2.05) is 52.6 Å². The zero-order chi connectivity index (χ0) is 25.9. The van der Waals surface area contributed by atoms with E-state index in [1.165, 1.54) is 0 Å². The number of alkyl halides is 3. The maximum atomic E-state index is 13.7. The van der Waals surface area contributed by atoms with Gasteiger partial charge in [0.05, 0.1) is 36.4 Å². The minimum atomic E-state index is -4.19. The highest BCUT2D eigenvalue weighted by molar-refractivity contribution is 5.81. The number of aromatic nitrogens is 6. The van der Waals surface area contributed by atoms with E-state index in [4.69, 9.17) is 19.7 Å². The number of imidazole rings is 1. The fourth-order valence-corrected chi connectivity index (χ4v) is 6.48. The van der Waals surface area contributed by atoms with Crippen LogP contribution in [-0.4, -0.2) is 62.7 Å². The third-order valence-corrected chi connectivity index (χ3v) is 8.49. The van der Waals surface area contributed by atoms with Crippen LogP contribution in [0.25, 0.3) is 11.2 Å². The second-order valence-electron chi connectivity index (χ2n) is 11.5. The van der Waals surface area contributed by atoms with Gasteiger partial charge in [-0.3, -0.25) is 4.68 Å². The Morgan fingerprint density at radius 3 is 2.51 bits per heavy atom. The summed E-state index contributed by atoms with van der Waals surface area (Å²) in [4.78, 5) is 18.4. The molecule has 4 saturated carbocycles. The van der Waals surface area contributed by atoms with Crippen molar-refractivity contribution < 1.29 is 17.9 Å². The topological polar surface area (TPSA) is 77.1 Å². The molecule has 12 heteroatoms. The van der Waals surface area contributed by atoms with Crippen molar-refractivity contribution in [1.29, 1.82) is 0 Å². The average Bonchev–Trinajstić information content (AvgIpc) is 3.38. The van der Waals surface area contributed by atoms with Gasteiger partial charge in [-0.15, -0.1) is 0 Å². The van der Waals surface area contributed by atoms with Crippen molar-refractivity contribution in [1.82, 2.24) is 29.3 Å². The number of hydrogen-bond acceptors (Lipinski definition) is 7. The minimum absolute atomic E-state index is 0.0658. The zero-order valence-electron chi connectivity index (χ0n) is 21.1. The zero-order valence-corrected chi connectivity index (χ0v) is 21.1. The predicted molar refractivity (Wildman–Crippen MR) is 130 cm³/mol. The van der Waals surface area contributed by atoms with E-state index >= 15 is 0 Å². The van der Waals surface area contributed by atoms with Gasteiger partial charge in [-0.2, -0.15) is 28.2 Å². The number of halogens is 3. The number of aryl methyl sites for hydroxylation is 1. The van der Waals surface area contributed by atoms with Crippen molar-refractivity contribution in [3.05, 3.63) is 36.0 Å². The molecule has 5 aliphatic rings. The van der Waals surface area contributed by atoms with Crippen LogP contribution >= 0.6 is 0 Å². The monoisotopic (exact) mass is 514 g/mol. The fourth-order valence-electron chi connectivity index (χ4n) is 6.48. The third-order valence-electron chi connectivity index (χ3n) is 8.49. The summed E-state index contributed by atoms with van der Waals surface area (Å²) >= 11 is 0. The SMILES string of the molecule is C=C1CN(c2nc(C34CC(C(F)(F)F)(C3)C4)c3c(n2)nc(N(C)C)n3C)C[C@H](c2cnn(C3CC3)c2)O1. The predicted octanol–water partition coefficient (Wildman–Crippen LogP) is 4.04. The minimum Gasteiger partial charge on any atom is -0.487 e. The van der Waals surface area contributed by atoms with Crippen molar-refractivity contribution in [2.24, 2.45) is 12.5 Å². The van der Waals surface area contributed by atoms with Crippen LogP contribution in [0.4, 0.5) is 25.1 Å². The Bertz CT molecular complexity index is 1420. The first kappa shape index (κ1) is 22.9. The van der Waals surface area contributed by atoms with Crippen LogP contribution in [0, 0.1) is 5.41 Å².